The van der Waals surface area contributed by atoms with Gasteiger partial charge in [0.25, 0.3) is 0 Å². The van der Waals surface area contributed by atoms with Crippen LogP contribution in [0.15, 0.2) is 36.4 Å². The number of carbonyl (C=O) groups excluding carboxylic acids is 1. The largest absolute Gasteiger partial charge is 0.294 e. The van der Waals surface area contributed by atoms with Gasteiger partial charge in [-0.1, -0.05) is 42.8 Å². The molecule has 2 aromatic carbocycles. The van der Waals surface area contributed by atoms with Crippen LogP contribution in [-0.4, -0.2) is 5.78 Å². The zero-order valence-electron chi connectivity index (χ0n) is 11.9. The molecular formula is C19H20O. The van der Waals surface area contributed by atoms with Crippen LogP contribution >= 0.6 is 0 Å². The van der Waals surface area contributed by atoms with Crippen LogP contribution in [0.5, 0.6) is 0 Å². The van der Waals surface area contributed by atoms with Crippen LogP contribution in [0, 0.1) is 24.7 Å². The molecule has 2 aliphatic rings. The molecule has 4 rings (SSSR count). The van der Waals surface area contributed by atoms with Gasteiger partial charge in [-0.3, -0.25) is 4.79 Å². The second kappa shape index (κ2) is 4.44. The normalized spacial score (nSPS) is 28.1. The SMILES string of the molecule is Cc1ccc2ccccc2c1C(=O)C1CC2CCC1C2. The van der Waals surface area contributed by atoms with Crippen LogP contribution < -0.4 is 0 Å². The molecule has 0 aromatic heterocycles. The van der Waals surface area contributed by atoms with Crippen molar-refractivity contribution in [1.82, 2.24) is 0 Å². The molecule has 2 bridgehead atoms. The van der Waals surface area contributed by atoms with E-state index in [4.69, 9.17) is 0 Å². The monoisotopic (exact) mass is 264 g/mol. The fourth-order valence-corrected chi connectivity index (χ4v) is 4.46. The smallest absolute Gasteiger partial charge is 0.167 e. The van der Waals surface area contributed by atoms with E-state index >= 15 is 0 Å². The third-order valence-electron chi connectivity index (χ3n) is 5.46. The van der Waals surface area contributed by atoms with Gasteiger partial charge in [-0.2, -0.15) is 0 Å². The lowest BCUT2D eigenvalue weighted by molar-refractivity contribution is 0.0876. The fourth-order valence-electron chi connectivity index (χ4n) is 4.46. The van der Waals surface area contributed by atoms with Crippen LogP contribution in [0.2, 0.25) is 0 Å². The van der Waals surface area contributed by atoms with Gasteiger partial charge in [0.15, 0.2) is 5.78 Å². The summed E-state index contributed by atoms with van der Waals surface area (Å²) in [5.41, 5.74) is 2.12. The lowest BCUT2D eigenvalue weighted by atomic mass is 9.81. The standard InChI is InChI=1S/C19H20O/c1-12-6-8-14-4-2-3-5-16(14)18(12)19(20)17-11-13-7-9-15(17)10-13/h2-6,8,13,15,17H,7,9-11H2,1H3. The third kappa shape index (κ3) is 1.72. The Morgan fingerprint density at radius 3 is 2.65 bits per heavy atom. The summed E-state index contributed by atoms with van der Waals surface area (Å²) in [6, 6.07) is 12.5. The second-order valence-corrected chi connectivity index (χ2v) is 6.62. The lowest BCUT2D eigenvalue weighted by Crippen LogP contribution is -2.22. The maximum atomic E-state index is 13.1. The first-order valence-electron chi connectivity index (χ1n) is 7.76. The van der Waals surface area contributed by atoms with Crippen LogP contribution in [0.25, 0.3) is 10.8 Å². The molecule has 102 valence electrons. The average Bonchev–Trinajstić information content (AvgIpc) is 3.09. The molecule has 0 heterocycles. The predicted octanol–water partition coefficient (Wildman–Crippen LogP) is 4.77. The Balaban J connectivity index is 1.81. The van der Waals surface area contributed by atoms with Crippen molar-refractivity contribution in [3.63, 3.8) is 0 Å². The van der Waals surface area contributed by atoms with E-state index in [0.29, 0.717) is 17.6 Å². The van der Waals surface area contributed by atoms with Crippen LogP contribution in [-0.2, 0) is 0 Å². The van der Waals surface area contributed by atoms with E-state index in [-0.39, 0.29) is 0 Å². The molecule has 2 aromatic rings. The number of hydrogen-bond donors (Lipinski definition) is 0. The fraction of sp³-hybridized carbons (Fsp3) is 0.421. The molecule has 2 fully saturated rings. The molecule has 2 saturated carbocycles. The minimum Gasteiger partial charge on any atom is -0.294 e. The van der Waals surface area contributed by atoms with Gasteiger partial charge in [0.2, 0.25) is 0 Å². The Bertz CT molecular complexity index is 685. The molecular weight excluding hydrogens is 244 g/mol. The first kappa shape index (κ1) is 12.1. The van der Waals surface area contributed by atoms with Gasteiger partial charge >= 0.3 is 0 Å². The van der Waals surface area contributed by atoms with Crippen molar-refractivity contribution in [3.8, 4) is 0 Å². The number of fused-ring (bicyclic) bond motifs is 3. The topological polar surface area (TPSA) is 17.1 Å². The predicted molar refractivity (Wildman–Crippen MR) is 82.0 cm³/mol. The van der Waals surface area contributed by atoms with Gasteiger partial charge in [-0.15, -0.1) is 0 Å². The molecule has 1 heteroatoms. The van der Waals surface area contributed by atoms with Crippen molar-refractivity contribution in [1.29, 1.82) is 0 Å². The molecule has 3 unspecified atom stereocenters. The molecule has 0 spiro atoms. The molecule has 0 saturated heterocycles. The summed E-state index contributed by atoms with van der Waals surface area (Å²) in [5.74, 6) is 2.18. The van der Waals surface area contributed by atoms with Gasteiger partial charge in [-0.05, 0) is 54.4 Å². The van der Waals surface area contributed by atoms with E-state index < -0.39 is 0 Å². The quantitative estimate of drug-likeness (QED) is 0.714. The number of aryl methyl sites for hydroxylation is 1. The first-order valence-corrected chi connectivity index (χ1v) is 7.76. The third-order valence-corrected chi connectivity index (χ3v) is 5.46. The first-order chi connectivity index (χ1) is 9.74. The Morgan fingerprint density at radius 1 is 1.05 bits per heavy atom. The maximum Gasteiger partial charge on any atom is 0.167 e. The Morgan fingerprint density at radius 2 is 1.90 bits per heavy atom. The van der Waals surface area contributed by atoms with E-state index in [1.54, 1.807) is 0 Å². The number of rotatable bonds is 2. The maximum absolute atomic E-state index is 13.1. The number of hydrogen-bond acceptors (Lipinski definition) is 1. The number of Topliss-reactive ketones (excluding diaryl/α,β-unsaturated/α-hetero) is 1. The Hall–Kier alpha value is -1.63. The van der Waals surface area contributed by atoms with E-state index in [1.165, 1.54) is 24.6 Å². The van der Waals surface area contributed by atoms with E-state index in [2.05, 4.69) is 31.2 Å². The highest BCUT2D eigenvalue weighted by atomic mass is 16.1. The molecule has 3 atom stereocenters. The molecule has 2 aliphatic carbocycles. The van der Waals surface area contributed by atoms with Crippen LogP contribution in [0.1, 0.15) is 41.6 Å². The van der Waals surface area contributed by atoms with Gasteiger partial charge in [-0.25, -0.2) is 0 Å². The molecule has 0 N–H and O–H groups in total. The molecule has 0 aliphatic heterocycles. The minimum absolute atomic E-state index is 0.290. The zero-order chi connectivity index (χ0) is 13.7. The highest BCUT2D eigenvalue weighted by Crippen LogP contribution is 2.49. The number of benzene rings is 2. The van der Waals surface area contributed by atoms with Crippen LogP contribution in [0.4, 0.5) is 0 Å². The van der Waals surface area contributed by atoms with Gasteiger partial charge in [0.05, 0.1) is 0 Å². The van der Waals surface area contributed by atoms with E-state index in [9.17, 15) is 4.79 Å². The zero-order valence-corrected chi connectivity index (χ0v) is 11.9. The van der Waals surface area contributed by atoms with Crippen molar-refractivity contribution in [2.24, 2.45) is 17.8 Å². The summed E-state index contributed by atoms with van der Waals surface area (Å²) in [6.45, 7) is 2.08. The summed E-state index contributed by atoms with van der Waals surface area (Å²) >= 11 is 0. The molecule has 0 amide bonds. The highest BCUT2D eigenvalue weighted by Gasteiger charge is 2.43. The number of carbonyl (C=O) groups is 1. The van der Waals surface area contributed by atoms with Crippen molar-refractivity contribution < 1.29 is 4.79 Å². The summed E-state index contributed by atoms with van der Waals surface area (Å²) < 4.78 is 0. The summed E-state index contributed by atoms with van der Waals surface area (Å²) in [7, 11) is 0. The summed E-state index contributed by atoms with van der Waals surface area (Å²) in [5, 5.41) is 2.32. The molecule has 0 radical (unpaired) electrons. The lowest BCUT2D eigenvalue weighted by Gasteiger charge is -2.22. The highest BCUT2D eigenvalue weighted by molar-refractivity contribution is 6.10. The van der Waals surface area contributed by atoms with E-state index in [1.807, 2.05) is 12.1 Å². The molecule has 1 nitrogen and oxygen atoms in total. The minimum atomic E-state index is 0.290. The second-order valence-electron chi connectivity index (χ2n) is 6.62. The van der Waals surface area contributed by atoms with Gasteiger partial charge in [0, 0.05) is 11.5 Å². The van der Waals surface area contributed by atoms with Gasteiger partial charge in [0.1, 0.15) is 0 Å². The summed E-state index contributed by atoms with van der Waals surface area (Å²) in [4.78, 5) is 13.1. The Kier molecular flexibility index (Phi) is 2.70. The van der Waals surface area contributed by atoms with Crippen molar-refractivity contribution in [2.75, 3.05) is 0 Å². The van der Waals surface area contributed by atoms with Gasteiger partial charge < -0.3 is 0 Å². The van der Waals surface area contributed by atoms with E-state index in [0.717, 1.165) is 28.9 Å². The van der Waals surface area contributed by atoms with Crippen molar-refractivity contribution in [3.05, 3.63) is 47.5 Å². The molecule has 20 heavy (non-hydrogen) atoms. The Labute approximate surface area is 120 Å². The average molecular weight is 264 g/mol. The van der Waals surface area contributed by atoms with Crippen LogP contribution in [0.3, 0.4) is 0 Å². The summed E-state index contributed by atoms with van der Waals surface area (Å²) in [6.07, 6.45) is 5.04. The van der Waals surface area contributed by atoms with Crippen molar-refractivity contribution in [2.45, 2.75) is 32.6 Å². The van der Waals surface area contributed by atoms with Crippen molar-refractivity contribution >= 4 is 16.6 Å². The number of ketones is 1.